The Morgan fingerprint density at radius 2 is 1.77 bits per heavy atom. The highest BCUT2D eigenvalue weighted by molar-refractivity contribution is 6.39. The predicted octanol–water partition coefficient (Wildman–Crippen LogP) is 5.70. The summed E-state index contributed by atoms with van der Waals surface area (Å²) in [6, 6.07) is 1.79. The molecule has 0 atom stereocenters. The Morgan fingerprint density at radius 1 is 1.10 bits per heavy atom. The van der Waals surface area contributed by atoms with E-state index in [0.29, 0.717) is 48.7 Å². The molecular formula is C25H26Cl2F3N7O2. The van der Waals surface area contributed by atoms with Gasteiger partial charge in [-0.3, -0.25) is 9.36 Å². The molecule has 3 aliphatic rings. The quantitative estimate of drug-likeness (QED) is 0.340. The van der Waals surface area contributed by atoms with Crippen LogP contribution in [0.25, 0.3) is 11.2 Å². The number of benzene rings is 1. The van der Waals surface area contributed by atoms with Gasteiger partial charge in [-0.15, -0.1) is 0 Å². The largest absolute Gasteiger partial charge is 0.416 e. The van der Waals surface area contributed by atoms with Crippen LogP contribution in [0, 0.1) is 11.3 Å². The monoisotopic (exact) mass is 583 g/mol. The smallest absolute Gasteiger partial charge is 0.380 e. The summed E-state index contributed by atoms with van der Waals surface area (Å²) in [6.45, 7) is 1.58. The number of nitrogens with one attached hydrogen (secondary N) is 2. The standard InChI is InChI=1S/C25H26Cl2F3N7O2/c26-16-5-13(25(28,29)30)6-17(27)19(16)35-23-34-18-9-32-22(33-14-7-24(8-14)10-39-11-24)36-21(18)37(23)15-3-1-12(2-4-15)20(31)38/h5-6,9,12,14-15H,1-4,7-8,10-11H2,(H2,31,38)(H,34,35)(H,32,33,36)/t12-,15+. The molecule has 2 saturated carbocycles. The molecular weight excluding hydrogens is 558 g/mol. The number of nitrogens with zero attached hydrogens (tertiary/aromatic N) is 4. The Hall–Kier alpha value is -2.83. The minimum absolute atomic E-state index is 0.0954. The molecule has 3 aromatic rings. The van der Waals surface area contributed by atoms with Crippen LogP contribution >= 0.6 is 23.2 Å². The number of nitrogens with two attached hydrogens (primary N) is 1. The van der Waals surface area contributed by atoms with E-state index >= 15 is 0 Å². The average molecular weight is 584 g/mol. The molecule has 1 aromatic carbocycles. The highest BCUT2D eigenvalue weighted by atomic mass is 35.5. The fourth-order valence-electron chi connectivity index (χ4n) is 5.88. The Labute approximate surface area is 231 Å². The van der Waals surface area contributed by atoms with Crippen LogP contribution in [0.2, 0.25) is 10.0 Å². The van der Waals surface area contributed by atoms with Crippen molar-refractivity contribution in [2.75, 3.05) is 23.8 Å². The number of halogens is 5. The second kappa shape index (κ2) is 9.67. The lowest BCUT2D eigenvalue weighted by Crippen LogP contribution is -2.56. The van der Waals surface area contributed by atoms with E-state index in [4.69, 9.17) is 38.7 Å². The molecule has 39 heavy (non-hydrogen) atoms. The van der Waals surface area contributed by atoms with E-state index in [1.165, 1.54) is 0 Å². The highest BCUT2D eigenvalue weighted by Gasteiger charge is 2.50. The van der Waals surface area contributed by atoms with Crippen LogP contribution in [-0.2, 0) is 15.7 Å². The van der Waals surface area contributed by atoms with Gasteiger partial charge in [0.25, 0.3) is 0 Å². The third-order valence-electron chi connectivity index (χ3n) is 8.01. The Kier molecular flexibility index (Phi) is 6.54. The number of hydrogen-bond donors (Lipinski definition) is 3. The van der Waals surface area contributed by atoms with E-state index in [1.807, 2.05) is 4.57 Å². The molecule has 14 heteroatoms. The number of carbonyl (C=O) groups excluding carboxylic acids is 1. The number of fused-ring (bicyclic) bond motifs is 1. The summed E-state index contributed by atoms with van der Waals surface area (Å²) < 4.78 is 47.0. The van der Waals surface area contributed by atoms with Crippen molar-refractivity contribution < 1.29 is 22.7 Å². The number of hydrogen-bond acceptors (Lipinski definition) is 7. The molecule has 0 unspecified atom stereocenters. The third-order valence-corrected chi connectivity index (χ3v) is 8.61. The number of alkyl halides is 3. The minimum atomic E-state index is -4.59. The van der Waals surface area contributed by atoms with Crippen molar-refractivity contribution in [2.24, 2.45) is 17.1 Å². The van der Waals surface area contributed by atoms with Crippen LogP contribution in [0.3, 0.4) is 0 Å². The second-order valence-corrected chi connectivity index (χ2v) is 11.6. The van der Waals surface area contributed by atoms with E-state index in [-0.39, 0.29) is 45.1 Å². The summed E-state index contributed by atoms with van der Waals surface area (Å²) in [5, 5.41) is 6.05. The van der Waals surface area contributed by atoms with E-state index in [9.17, 15) is 18.0 Å². The van der Waals surface area contributed by atoms with Gasteiger partial charge in [0.1, 0.15) is 5.52 Å². The number of ether oxygens (including phenoxy) is 1. The fraction of sp³-hybridized carbons (Fsp3) is 0.520. The summed E-state index contributed by atoms with van der Waals surface area (Å²) in [4.78, 5) is 25.6. The van der Waals surface area contributed by atoms with Gasteiger partial charge in [-0.2, -0.15) is 18.2 Å². The van der Waals surface area contributed by atoms with E-state index in [0.717, 1.165) is 38.2 Å². The van der Waals surface area contributed by atoms with Crippen LogP contribution in [0.5, 0.6) is 0 Å². The normalized spacial score (nSPS) is 22.9. The summed E-state index contributed by atoms with van der Waals surface area (Å²) in [5.41, 5.74) is 6.01. The zero-order valence-electron chi connectivity index (χ0n) is 20.7. The average Bonchev–Trinajstić information content (AvgIpc) is 3.18. The van der Waals surface area contributed by atoms with Gasteiger partial charge in [0.05, 0.1) is 40.7 Å². The maximum atomic E-state index is 13.3. The van der Waals surface area contributed by atoms with Crippen LogP contribution < -0.4 is 16.4 Å². The second-order valence-electron chi connectivity index (χ2n) is 10.8. The van der Waals surface area contributed by atoms with Gasteiger partial charge in [0.15, 0.2) is 5.65 Å². The lowest BCUT2D eigenvalue weighted by atomic mass is 9.64. The summed E-state index contributed by atoms with van der Waals surface area (Å²) >= 11 is 12.5. The Bertz CT molecular complexity index is 1400. The molecule has 4 N–H and O–H groups in total. The zero-order valence-corrected chi connectivity index (χ0v) is 22.2. The van der Waals surface area contributed by atoms with Crippen LogP contribution in [-0.4, -0.2) is 44.7 Å². The van der Waals surface area contributed by atoms with Gasteiger partial charge in [-0.05, 0) is 50.7 Å². The summed E-state index contributed by atoms with van der Waals surface area (Å²) in [7, 11) is 0. The van der Waals surface area contributed by atoms with Crippen molar-refractivity contribution in [3.8, 4) is 0 Å². The molecule has 2 aliphatic carbocycles. The molecule has 3 fully saturated rings. The van der Waals surface area contributed by atoms with Crippen molar-refractivity contribution in [3.63, 3.8) is 0 Å². The molecule has 0 bridgehead atoms. The molecule has 2 aromatic heterocycles. The molecule has 208 valence electrons. The van der Waals surface area contributed by atoms with E-state index in [1.54, 1.807) is 6.20 Å². The van der Waals surface area contributed by atoms with Crippen LogP contribution in [0.4, 0.5) is 30.8 Å². The lowest BCUT2D eigenvalue weighted by Gasteiger charge is -2.53. The predicted molar refractivity (Wildman–Crippen MR) is 140 cm³/mol. The van der Waals surface area contributed by atoms with Crippen molar-refractivity contribution in [1.82, 2.24) is 19.5 Å². The topological polar surface area (TPSA) is 120 Å². The zero-order chi connectivity index (χ0) is 27.5. The molecule has 0 radical (unpaired) electrons. The Balaban J connectivity index is 1.34. The van der Waals surface area contributed by atoms with Crippen molar-refractivity contribution in [3.05, 3.63) is 33.9 Å². The molecule has 1 spiro atoms. The van der Waals surface area contributed by atoms with Gasteiger partial charge in [0.2, 0.25) is 17.8 Å². The molecule has 3 heterocycles. The van der Waals surface area contributed by atoms with Gasteiger partial charge in [-0.25, -0.2) is 9.97 Å². The summed E-state index contributed by atoms with van der Waals surface area (Å²) in [5.74, 6) is 0.248. The van der Waals surface area contributed by atoms with E-state index in [2.05, 4.69) is 20.6 Å². The number of amides is 1. The van der Waals surface area contributed by atoms with Crippen molar-refractivity contribution in [1.29, 1.82) is 0 Å². The number of imidazole rings is 1. The first-order valence-electron chi connectivity index (χ1n) is 12.7. The first-order valence-corrected chi connectivity index (χ1v) is 13.5. The Morgan fingerprint density at radius 3 is 2.33 bits per heavy atom. The van der Waals surface area contributed by atoms with Crippen LogP contribution in [0.15, 0.2) is 18.3 Å². The number of carbonyl (C=O) groups is 1. The number of rotatable bonds is 6. The number of aromatic nitrogens is 4. The molecule has 1 saturated heterocycles. The van der Waals surface area contributed by atoms with Crippen LogP contribution in [0.1, 0.15) is 50.1 Å². The maximum absolute atomic E-state index is 13.3. The SMILES string of the molecule is NC(=O)[C@H]1CC[C@@H](n2c(Nc3c(Cl)cc(C(F)(F)F)cc3Cl)nc3cnc(NC4CC5(COC5)C4)nc32)CC1. The first-order chi connectivity index (χ1) is 18.5. The number of anilines is 3. The van der Waals surface area contributed by atoms with E-state index < -0.39 is 11.7 Å². The van der Waals surface area contributed by atoms with Gasteiger partial charge < -0.3 is 21.1 Å². The van der Waals surface area contributed by atoms with Gasteiger partial charge in [0, 0.05) is 23.4 Å². The molecule has 1 aliphatic heterocycles. The molecule has 1 amide bonds. The first kappa shape index (κ1) is 26.4. The van der Waals surface area contributed by atoms with Gasteiger partial charge >= 0.3 is 6.18 Å². The number of primary amides is 1. The minimum Gasteiger partial charge on any atom is -0.380 e. The summed E-state index contributed by atoms with van der Waals surface area (Å²) in [6.07, 6.45) is 1.47. The fourth-order valence-corrected chi connectivity index (χ4v) is 6.46. The van der Waals surface area contributed by atoms with Crippen molar-refractivity contribution >= 4 is 57.9 Å². The van der Waals surface area contributed by atoms with Gasteiger partial charge in [-0.1, -0.05) is 23.2 Å². The highest BCUT2D eigenvalue weighted by Crippen LogP contribution is 2.48. The lowest BCUT2D eigenvalue weighted by molar-refractivity contribution is -0.160. The molecule has 6 rings (SSSR count). The van der Waals surface area contributed by atoms with Crippen molar-refractivity contribution in [2.45, 2.75) is 56.8 Å². The molecule has 9 nitrogen and oxygen atoms in total. The maximum Gasteiger partial charge on any atom is 0.416 e. The third kappa shape index (κ3) is 4.98.